The fraction of sp³-hybridized carbons (Fsp3) is 0.500. The number of anilines is 1. The SMILES string of the molecule is CCCCOc1nc(N(Cc2ccc(OC)cc2)Cc2ccc(OC)cc2)c2ncc(C(O)c3ccc(CN4CCN(CCCO[Si](C)(C)C(C)(C)C)CC4)cc3)n2n1. The highest BCUT2D eigenvalue weighted by Gasteiger charge is 2.37. The van der Waals surface area contributed by atoms with Gasteiger partial charge in [0.2, 0.25) is 0 Å². The van der Waals surface area contributed by atoms with Crippen molar-refractivity contribution in [1.29, 1.82) is 0 Å². The summed E-state index contributed by atoms with van der Waals surface area (Å²) in [6, 6.07) is 24.5. The van der Waals surface area contributed by atoms with Crippen LogP contribution in [0.1, 0.15) is 81.0 Å². The number of hydrogen-bond acceptors (Lipinski definition) is 11. The van der Waals surface area contributed by atoms with Gasteiger partial charge in [0, 0.05) is 59.0 Å². The standard InChI is InChI=1S/C46H65N7O5Si/c1-9-10-29-57-45-48-44(52(33-36-14-20-39(55-5)21-15-36)34-37-16-22-40(56-6)23-17-37)43-47-31-41(53(43)49-45)42(54)38-18-12-35(13-19-38)32-51-27-25-50(26-28-51)24-11-30-58-59(7,8)46(2,3)4/h12-23,31,42,54H,9-11,24-30,32-34H2,1-8H3. The summed E-state index contributed by atoms with van der Waals surface area (Å²) in [5.74, 6) is 2.18. The first-order valence-electron chi connectivity index (χ1n) is 21.1. The van der Waals surface area contributed by atoms with Crippen molar-refractivity contribution >= 4 is 19.8 Å². The van der Waals surface area contributed by atoms with Gasteiger partial charge >= 0.3 is 6.01 Å². The van der Waals surface area contributed by atoms with E-state index in [1.54, 1.807) is 24.9 Å². The number of fused-ring (bicyclic) bond motifs is 1. The van der Waals surface area contributed by atoms with E-state index in [2.05, 4.69) is 91.9 Å². The molecule has 1 N–H and O–H groups in total. The molecule has 59 heavy (non-hydrogen) atoms. The van der Waals surface area contributed by atoms with Gasteiger partial charge in [0.25, 0.3) is 0 Å². The Morgan fingerprint density at radius 3 is 1.92 bits per heavy atom. The van der Waals surface area contributed by atoms with Crippen molar-refractivity contribution in [3.63, 3.8) is 0 Å². The zero-order valence-electron chi connectivity index (χ0n) is 36.5. The first-order chi connectivity index (χ1) is 28.4. The van der Waals surface area contributed by atoms with Crippen molar-refractivity contribution in [2.24, 2.45) is 0 Å². The minimum absolute atomic E-state index is 0.233. The Hall–Kier alpha value is -4.53. The van der Waals surface area contributed by atoms with E-state index in [1.807, 2.05) is 36.4 Å². The molecule has 1 saturated heterocycles. The average molecular weight is 824 g/mol. The van der Waals surface area contributed by atoms with E-state index in [-0.39, 0.29) is 11.0 Å². The van der Waals surface area contributed by atoms with Crippen molar-refractivity contribution in [3.8, 4) is 17.5 Å². The topological polar surface area (TPSA) is 110 Å². The van der Waals surface area contributed by atoms with Gasteiger partial charge < -0.3 is 33.5 Å². The van der Waals surface area contributed by atoms with Crippen LogP contribution in [0.2, 0.25) is 18.1 Å². The maximum absolute atomic E-state index is 11.9. The Kier molecular flexibility index (Phi) is 15.0. The summed E-state index contributed by atoms with van der Waals surface area (Å²) in [6.45, 7) is 22.2. The van der Waals surface area contributed by atoms with Crippen molar-refractivity contribution in [2.45, 2.75) is 90.8 Å². The van der Waals surface area contributed by atoms with Crippen LogP contribution in [0.25, 0.3) is 5.65 Å². The van der Waals surface area contributed by atoms with Gasteiger partial charge in [0.1, 0.15) is 17.6 Å². The van der Waals surface area contributed by atoms with E-state index >= 15 is 0 Å². The molecule has 6 rings (SSSR count). The minimum Gasteiger partial charge on any atom is -0.497 e. The fourth-order valence-corrected chi connectivity index (χ4v) is 8.07. The number of piperazine rings is 1. The molecule has 0 spiro atoms. The van der Waals surface area contributed by atoms with Gasteiger partial charge in [-0.25, -0.2) is 9.50 Å². The average Bonchev–Trinajstić information content (AvgIpc) is 3.67. The molecule has 1 aliphatic heterocycles. The van der Waals surface area contributed by atoms with Crippen LogP contribution in [0.15, 0.2) is 79.0 Å². The molecular formula is C46H65N7O5Si. The smallest absolute Gasteiger partial charge is 0.336 e. The Balaban J connectivity index is 1.17. The number of unbranched alkanes of at least 4 members (excludes halogenated alkanes) is 1. The molecule has 318 valence electrons. The zero-order valence-corrected chi connectivity index (χ0v) is 37.5. The summed E-state index contributed by atoms with van der Waals surface area (Å²) >= 11 is 0. The van der Waals surface area contributed by atoms with Crippen LogP contribution in [0.4, 0.5) is 5.82 Å². The molecule has 5 aromatic rings. The third-order valence-corrected chi connectivity index (χ3v) is 16.3. The van der Waals surface area contributed by atoms with Crippen LogP contribution in [0, 0.1) is 0 Å². The first kappa shape index (κ1) is 44.0. The van der Waals surface area contributed by atoms with E-state index in [0.717, 1.165) is 93.3 Å². The molecule has 0 radical (unpaired) electrons. The van der Waals surface area contributed by atoms with Crippen molar-refractivity contribution < 1.29 is 23.7 Å². The number of aliphatic hydroxyl groups excluding tert-OH is 1. The third-order valence-electron chi connectivity index (χ3n) is 11.8. The highest BCUT2D eigenvalue weighted by Crippen LogP contribution is 2.36. The van der Waals surface area contributed by atoms with E-state index in [1.165, 1.54) is 5.56 Å². The first-order valence-corrected chi connectivity index (χ1v) is 24.0. The molecule has 1 atom stereocenters. The van der Waals surface area contributed by atoms with Gasteiger partial charge in [-0.3, -0.25) is 4.90 Å². The van der Waals surface area contributed by atoms with Crippen LogP contribution < -0.4 is 19.1 Å². The Morgan fingerprint density at radius 1 is 0.780 bits per heavy atom. The second kappa shape index (κ2) is 20.1. The molecule has 0 saturated carbocycles. The summed E-state index contributed by atoms with van der Waals surface area (Å²) in [4.78, 5) is 17.0. The zero-order chi connectivity index (χ0) is 42.0. The number of aromatic nitrogens is 4. The number of aliphatic hydroxyl groups is 1. The molecule has 0 bridgehead atoms. The van der Waals surface area contributed by atoms with Crippen molar-refractivity contribution in [2.75, 3.05) is 65.1 Å². The quantitative estimate of drug-likeness (QED) is 0.0607. The highest BCUT2D eigenvalue weighted by atomic mass is 28.4. The van der Waals surface area contributed by atoms with Crippen molar-refractivity contribution in [3.05, 3.63) is 107 Å². The van der Waals surface area contributed by atoms with Crippen LogP contribution in [0.5, 0.6) is 17.5 Å². The number of benzene rings is 3. The lowest BCUT2D eigenvalue weighted by atomic mass is 10.0. The van der Waals surface area contributed by atoms with Gasteiger partial charge in [-0.05, 0) is 77.5 Å². The predicted molar refractivity (Wildman–Crippen MR) is 237 cm³/mol. The normalized spacial score (nSPS) is 14.7. The second-order valence-corrected chi connectivity index (χ2v) is 21.9. The summed E-state index contributed by atoms with van der Waals surface area (Å²) in [5.41, 5.74) is 5.20. The summed E-state index contributed by atoms with van der Waals surface area (Å²) < 4.78 is 25.1. The Labute approximate surface area is 352 Å². The van der Waals surface area contributed by atoms with Gasteiger partial charge in [-0.15, -0.1) is 5.10 Å². The van der Waals surface area contributed by atoms with Crippen LogP contribution in [-0.2, 0) is 24.1 Å². The number of methoxy groups -OCH3 is 2. The molecular weight excluding hydrogens is 759 g/mol. The predicted octanol–water partition coefficient (Wildman–Crippen LogP) is 8.14. The third kappa shape index (κ3) is 11.6. The fourth-order valence-electron chi connectivity index (χ4n) is 6.98. The monoisotopic (exact) mass is 823 g/mol. The number of hydrogen-bond donors (Lipinski definition) is 1. The Morgan fingerprint density at radius 2 is 1.36 bits per heavy atom. The van der Waals surface area contributed by atoms with Crippen LogP contribution >= 0.6 is 0 Å². The molecule has 13 heteroatoms. The van der Waals surface area contributed by atoms with Gasteiger partial charge in [0.05, 0.1) is 32.7 Å². The molecule has 12 nitrogen and oxygen atoms in total. The Bertz CT molecular complexity index is 1990. The van der Waals surface area contributed by atoms with Gasteiger partial charge in [-0.2, -0.15) is 4.98 Å². The molecule has 2 aromatic heterocycles. The second-order valence-electron chi connectivity index (χ2n) is 17.1. The van der Waals surface area contributed by atoms with E-state index in [4.69, 9.17) is 33.7 Å². The summed E-state index contributed by atoms with van der Waals surface area (Å²) in [5, 5.41) is 16.9. The van der Waals surface area contributed by atoms with Crippen molar-refractivity contribution in [1.82, 2.24) is 29.4 Å². The molecule has 1 aliphatic rings. The molecule has 1 unspecified atom stereocenters. The van der Waals surface area contributed by atoms with Gasteiger partial charge in [-0.1, -0.05) is 82.6 Å². The lowest BCUT2D eigenvalue weighted by molar-refractivity contribution is 0.120. The molecule has 0 amide bonds. The van der Waals surface area contributed by atoms with E-state index < -0.39 is 14.4 Å². The minimum atomic E-state index is -1.69. The van der Waals surface area contributed by atoms with Gasteiger partial charge in [0.15, 0.2) is 19.8 Å². The largest absolute Gasteiger partial charge is 0.497 e. The lowest BCUT2D eigenvalue weighted by Gasteiger charge is -2.37. The molecule has 0 aliphatic carbocycles. The number of imidazole rings is 1. The lowest BCUT2D eigenvalue weighted by Crippen LogP contribution is -2.46. The summed E-state index contributed by atoms with van der Waals surface area (Å²) in [6.07, 6.45) is 3.65. The molecule has 3 aromatic carbocycles. The van der Waals surface area contributed by atoms with E-state index in [9.17, 15) is 5.11 Å². The number of ether oxygens (including phenoxy) is 3. The number of rotatable bonds is 20. The van der Waals surface area contributed by atoms with E-state index in [0.29, 0.717) is 36.9 Å². The highest BCUT2D eigenvalue weighted by molar-refractivity contribution is 6.74. The molecule has 3 heterocycles. The van der Waals surface area contributed by atoms with Crippen LogP contribution in [0.3, 0.4) is 0 Å². The van der Waals surface area contributed by atoms with Crippen LogP contribution in [-0.4, -0.2) is 103 Å². The summed E-state index contributed by atoms with van der Waals surface area (Å²) in [7, 11) is 1.64. The maximum Gasteiger partial charge on any atom is 0.336 e. The maximum atomic E-state index is 11.9. The molecule has 1 fully saturated rings. The number of nitrogens with zero attached hydrogens (tertiary/aromatic N) is 7.